The van der Waals surface area contributed by atoms with Crippen LogP contribution < -0.4 is 10.1 Å². The van der Waals surface area contributed by atoms with Crippen molar-refractivity contribution < 1.29 is 18.5 Å². The lowest BCUT2D eigenvalue weighted by atomic mass is 10.1. The number of carbonyl (C=O) groups excluding carboxylic acids is 1. The van der Waals surface area contributed by atoms with Gasteiger partial charge in [-0.3, -0.25) is 9.00 Å². The van der Waals surface area contributed by atoms with Crippen molar-refractivity contribution in [3.63, 3.8) is 0 Å². The van der Waals surface area contributed by atoms with Gasteiger partial charge in [-0.2, -0.15) is 0 Å². The number of benzene rings is 1. The minimum atomic E-state index is -1.30. The molecule has 1 unspecified atom stereocenters. The Balaban J connectivity index is 2.04. The van der Waals surface area contributed by atoms with Gasteiger partial charge in [0.05, 0.1) is 12.4 Å². The minimum absolute atomic E-state index is 0.0161. The molecule has 116 valence electrons. The largest absolute Gasteiger partial charge is 0.467 e. The molecule has 0 saturated carbocycles. The molecule has 5 nitrogen and oxygen atoms in total. The van der Waals surface area contributed by atoms with Gasteiger partial charge < -0.3 is 14.8 Å². The number of nitrogens with one attached hydrogen (secondary N) is 1. The second-order valence-corrected chi connectivity index (χ2v) is 6.64. The molecule has 0 aromatic heterocycles. The molecule has 2 rings (SSSR count). The van der Waals surface area contributed by atoms with Gasteiger partial charge in [0.2, 0.25) is 5.91 Å². The van der Waals surface area contributed by atoms with E-state index < -0.39 is 10.8 Å². The first-order valence-corrected chi connectivity index (χ1v) is 8.60. The summed E-state index contributed by atoms with van der Waals surface area (Å²) in [4.78, 5) is 11.6. The van der Waals surface area contributed by atoms with E-state index in [4.69, 9.17) is 21.1 Å². The highest BCUT2D eigenvalue weighted by atomic mass is 35.5. The highest BCUT2D eigenvalue weighted by Gasteiger charge is 2.18. The van der Waals surface area contributed by atoms with Crippen LogP contribution in [0.25, 0.3) is 0 Å². The fourth-order valence-corrected chi connectivity index (χ4v) is 3.37. The van der Waals surface area contributed by atoms with Crippen molar-refractivity contribution >= 4 is 28.3 Å². The summed E-state index contributed by atoms with van der Waals surface area (Å²) < 4.78 is 22.8. The average molecular weight is 332 g/mol. The standard InChI is InChI=1S/C14H18ClNO4S/c1-2-3-16-13(17)8-21(18)7-11-5-12(15)4-10-6-19-9-20-14(10)11/h4-5H,2-3,6-9H2,1H3,(H,16,17). The van der Waals surface area contributed by atoms with Crippen LogP contribution in [-0.2, 0) is 32.7 Å². The highest BCUT2D eigenvalue weighted by molar-refractivity contribution is 7.84. The smallest absolute Gasteiger partial charge is 0.232 e. The monoisotopic (exact) mass is 331 g/mol. The predicted molar refractivity (Wildman–Crippen MR) is 81.8 cm³/mol. The molecule has 1 aromatic rings. The van der Waals surface area contributed by atoms with E-state index in [1.54, 1.807) is 12.1 Å². The molecule has 1 aliphatic rings. The Kier molecular flexibility index (Phi) is 6.02. The summed E-state index contributed by atoms with van der Waals surface area (Å²) in [6.07, 6.45) is 0.855. The first kappa shape index (κ1) is 16.3. The van der Waals surface area contributed by atoms with E-state index in [0.29, 0.717) is 23.9 Å². The quantitative estimate of drug-likeness (QED) is 0.865. The SMILES string of the molecule is CCCNC(=O)CS(=O)Cc1cc(Cl)cc2c1OCOC2. The molecule has 1 N–H and O–H groups in total. The van der Waals surface area contributed by atoms with Crippen LogP contribution >= 0.6 is 11.6 Å². The summed E-state index contributed by atoms with van der Waals surface area (Å²) in [5.41, 5.74) is 1.60. The van der Waals surface area contributed by atoms with Gasteiger partial charge >= 0.3 is 0 Å². The van der Waals surface area contributed by atoms with Crippen LogP contribution in [0.5, 0.6) is 5.75 Å². The fourth-order valence-electron chi connectivity index (χ4n) is 2.05. The van der Waals surface area contributed by atoms with E-state index in [-0.39, 0.29) is 24.2 Å². The van der Waals surface area contributed by atoms with Crippen LogP contribution in [0.4, 0.5) is 0 Å². The van der Waals surface area contributed by atoms with Crippen LogP contribution in [0.3, 0.4) is 0 Å². The van der Waals surface area contributed by atoms with Gasteiger partial charge in [0.15, 0.2) is 6.79 Å². The zero-order valence-corrected chi connectivity index (χ0v) is 13.4. The molecule has 1 aromatic carbocycles. The molecule has 21 heavy (non-hydrogen) atoms. The summed E-state index contributed by atoms with van der Waals surface area (Å²) in [6.45, 7) is 3.16. The lowest BCUT2D eigenvalue weighted by molar-refractivity contribution is -0.118. The molecular formula is C14H18ClNO4S. The van der Waals surface area contributed by atoms with Gasteiger partial charge in [0.25, 0.3) is 0 Å². The Hall–Kier alpha value is -1.11. The molecule has 0 fully saturated rings. The van der Waals surface area contributed by atoms with Crippen LogP contribution in [-0.4, -0.2) is 29.2 Å². The zero-order chi connectivity index (χ0) is 15.2. The lowest BCUT2D eigenvalue weighted by Gasteiger charge is -2.21. The van der Waals surface area contributed by atoms with Crippen LogP contribution in [0.1, 0.15) is 24.5 Å². The molecule has 1 atom stereocenters. The lowest BCUT2D eigenvalue weighted by Crippen LogP contribution is -2.29. The molecular weight excluding hydrogens is 314 g/mol. The molecule has 1 heterocycles. The fraction of sp³-hybridized carbons (Fsp3) is 0.500. The summed E-state index contributed by atoms with van der Waals surface area (Å²) in [5, 5.41) is 3.26. The second kappa shape index (κ2) is 7.77. The number of halogens is 1. The number of hydrogen-bond donors (Lipinski definition) is 1. The van der Waals surface area contributed by atoms with E-state index >= 15 is 0 Å². The summed E-state index contributed by atoms with van der Waals surface area (Å²) >= 11 is 6.05. The van der Waals surface area contributed by atoms with E-state index in [2.05, 4.69) is 5.32 Å². The van der Waals surface area contributed by atoms with Crippen molar-refractivity contribution in [2.45, 2.75) is 25.7 Å². The van der Waals surface area contributed by atoms with Gasteiger partial charge in [0.1, 0.15) is 11.5 Å². The van der Waals surface area contributed by atoms with Gasteiger partial charge in [-0.1, -0.05) is 18.5 Å². The molecule has 0 bridgehead atoms. The molecule has 1 amide bonds. The number of carbonyl (C=O) groups is 1. The van der Waals surface area contributed by atoms with Gasteiger partial charge in [-0.25, -0.2) is 0 Å². The van der Waals surface area contributed by atoms with Crippen molar-refractivity contribution in [3.05, 3.63) is 28.3 Å². The van der Waals surface area contributed by atoms with E-state index in [0.717, 1.165) is 17.5 Å². The van der Waals surface area contributed by atoms with Gasteiger partial charge in [-0.05, 0) is 18.6 Å². The Bertz CT molecular complexity index is 550. The van der Waals surface area contributed by atoms with Crippen LogP contribution in [0.15, 0.2) is 12.1 Å². The minimum Gasteiger partial charge on any atom is -0.467 e. The van der Waals surface area contributed by atoms with Gasteiger partial charge in [-0.15, -0.1) is 0 Å². The first-order chi connectivity index (χ1) is 10.1. The van der Waals surface area contributed by atoms with Crippen molar-refractivity contribution in [2.24, 2.45) is 0 Å². The topological polar surface area (TPSA) is 64.6 Å². The maximum Gasteiger partial charge on any atom is 0.232 e. The zero-order valence-electron chi connectivity index (χ0n) is 11.8. The van der Waals surface area contributed by atoms with E-state index in [1.165, 1.54) is 0 Å². The normalized spacial score (nSPS) is 15.0. The second-order valence-electron chi connectivity index (χ2n) is 4.74. The highest BCUT2D eigenvalue weighted by Crippen LogP contribution is 2.32. The molecule has 0 spiro atoms. The van der Waals surface area contributed by atoms with Crippen molar-refractivity contribution in [1.29, 1.82) is 0 Å². The van der Waals surface area contributed by atoms with E-state index in [1.807, 2.05) is 6.92 Å². The Morgan fingerprint density at radius 3 is 3.05 bits per heavy atom. The number of fused-ring (bicyclic) bond motifs is 1. The average Bonchev–Trinajstić information content (AvgIpc) is 2.44. The van der Waals surface area contributed by atoms with Crippen molar-refractivity contribution in [1.82, 2.24) is 5.32 Å². The predicted octanol–water partition coefficient (Wildman–Crippen LogP) is 1.98. The molecule has 1 aliphatic heterocycles. The van der Waals surface area contributed by atoms with E-state index in [9.17, 15) is 9.00 Å². The maximum absolute atomic E-state index is 12.1. The first-order valence-electron chi connectivity index (χ1n) is 6.73. The number of amides is 1. The third-order valence-corrected chi connectivity index (χ3v) is 4.37. The molecule has 0 saturated heterocycles. The van der Waals surface area contributed by atoms with Crippen molar-refractivity contribution in [3.8, 4) is 5.75 Å². The summed E-state index contributed by atoms with van der Waals surface area (Å²) in [7, 11) is -1.30. The van der Waals surface area contributed by atoms with Crippen molar-refractivity contribution in [2.75, 3.05) is 19.1 Å². The maximum atomic E-state index is 12.1. The van der Waals surface area contributed by atoms with Gasteiger partial charge in [0, 0.05) is 33.5 Å². The number of rotatable bonds is 6. The number of ether oxygens (including phenoxy) is 2. The summed E-state index contributed by atoms with van der Waals surface area (Å²) in [5.74, 6) is 0.698. The molecule has 0 radical (unpaired) electrons. The van der Waals surface area contributed by atoms with Crippen LogP contribution in [0, 0.1) is 0 Å². The third kappa shape index (κ3) is 4.69. The Labute approximate surface area is 131 Å². The summed E-state index contributed by atoms with van der Waals surface area (Å²) in [6, 6.07) is 3.50. The Morgan fingerprint density at radius 2 is 2.29 bits per heavy atom. The molecule has 0 aliphatic carbocycles. The Morgan fingerprint density at radius 1 is 1.48 bits per heavy atom. The third-order valence-electron chi connectivity index (χ3n) is 2.93. The van der Waals surface area contributed by atoms with Crippen LogP contribution in [0.2, 0.25) is 5.02 Å². The molecule has 7 heteroatoms. The number of hydrogen-bond acceptors (Lipinski definition) is 4.